The van der Waals surface area contributed by atoms with Gasteiger partial charge in [-0.05, 0) is 52.9 Å². The predicted molar refractivity (Wildman–Crippen MR) is 173 cm³/mol. The van der Waals surface area contributed by atoms with E-state index in [1.807, 2.05) is 49.4 Å². The number of carbonyl (C=O) groups is 1. The number of aromatic nitrogens is 3. The number of pyridine rings is 1. The summed E-state index contributed by atoms with van der Waals surface area (Å²) >= 11 is 10.6. The number of nitrogens with zero attached hydrogens (tertiary/aromatic N) is 3. The molecule has 0 saturated heterocycles. The summed E-state index contributed by atoms with van der Waals surface area (Å²) < 4.78 is 17.9. The van der Waals surface area contributed by atoms with Gasteiger partial charge in [0.15, 0.2) is 11.4 Å². The van der Waals surface area contributed by atoms with Crippen LogP contribution < -0.4 is 10.5 Å². The van der Waals surface area contributed by atoms with Crippen LogP contribution >= 0.6 is 27.5 Å². The Labute approximate surface area is 278 Å². The number of halogens is 2. The maximum absolute atomic E-state index is 12.2. The van der Waals surface area contributed by atoms with Gasteiger partial charge in [0, 0.05) is 12.4 Å². The Balaban J connectivity index is 1.46. The second-order valence-electron chi connectivity index (χ2n) is 10.9. The molecule has 46 heavy (non-hydrogen) atoms. The molecular formula is C33H32BrClN4O7. The van der Waals surface area contributed by atoms with Crippen LogP contribution in [0.1, 0.15) is 40.1 Å². The highest BCUT2D eigenvalue weighted by atomic mass is 79.9. The first-order valence-electron chi connectivity index (χ1n) is 14.2. The molecule has 0 spiro atoms. The number of rotatable bonds is 13. The van der Waals surface area contributed by atoms with Crippen molar-refractivity contribution in [2.24, 2.45) is 5.73 Å². The number of nitrogens with two attached hydrogens (primary N) is 1. The summed E-state index contributed by atoms with van der Waals surface area (Å²) in [7, 11) is 0. The van der Waals surface area contributed by atoms with Crippen LogP contribution in [0.15, 0.2) is 89.7 Å². The van der Waals surface area contributed by atoms with E-state index in [2.05, 4.69) is 31.1 Å². The van der Waals surface area contributed by atoms with E-state index >= 15 is 0 Å². The first kappa shape index (κ1) is 33.5. The maximum atomic E-state index is 12.2. The Morgan fingerprint density at radius 3 is 2.67 bits per heavy atom. The molecule has 4 atom stereocenters. The molecule has 240 valence electrons. The molecule has 13 heteroatoms. The molecule has 1 aliphatic rings. The van der Waals surface area contributed by atoms with Crippen LogP contribution in [-0.4, -0.2) is 60.0 Å². The molecular weight excluding hydrogens is 680 g/mol. The highest BCUT2D eigenvalue weighted by Crippen LogP contribution is 2.45. The molecule has 1 aliphatic carbocycles. The van der Waals surface area contributed by atoms with Gasteiger partial charge in [-0.3, -0.25) is 9.78 Å². The summed E-state index contributed by atoms with van der Waals surface area (Å²) in [6, 6.07) is 16.1. The standard InChI is InChI=1S/C33H32BrClN4O7/c1-20-6-2-3-8-23(20)24-9-4-12-32(28(24)34,30-38-27(16-40)39-46-30)19-45-26-11-10-22(14-25(26)35)29(33(36,18-41)31(42)43)44-17-21-7-5-13-37-15-21/h2-15,28-29,40-41H,16-19,36H2,1H3,(H,42,43). The van der Waals surface area contributed by atoms with E-state index in [-0.39, 0.29) is 40.5 Å². The topological polar surface area (TPSA) is 174 Å². The summed E-state index contributed by atoms with van der Waals surface area (Å²) in [5.74, 6) is -0.819. The van der Waals surface area contributed by atoms with Gasteiger partial charge in [-0.15, -0.1) is 0 Å². The zero-order valence-corrected chi connectivity index (χ0v) is 27.1. The minimum Gasteiger partial charge on any atom is -0.491 e. The molecule has 2 aromatic carbocycles. The number of aliphatic carboxylic acids is 1. The number of hydrogen-bond donors (Lipinski definition) is 4. The summed E-state index contributed by atoms with van der Waals surface area (Å²) in [5, 5.41) is 33.7. The van der Waals surface area contributed by atoms with Gasteiger partial charge in [0.25, 0.3) is 0 Å². The van der Waals surface area contributed by atoms with Crippen molar-refractivity contribution < 1.29 is 34.1 Å². The lowest BCUT2D eigenvalue weighted by molar-refractivity contribution is -0.154. The van der Waals surface area contributed by atoms with Gasteiger partial charge in [-0.1, -0.05) is 87.3 Å². The number of aliphatic hydroxyl groups excluding tert-OH is 2. The van der Waals surface area contributed by atoms with Crippen LogP contribution in [0, 0.1) is 6.92 Å². The van der Waals surface area contributed by atoms with E-state index in [0.717, 1.165) is 16.7 Å². The summed E-state index contributed by atoms with van der Waals surface area (Å²) in [6.07, 6.45) is 7.69. The first-order chi connectivity index (χ1) is 22.1. The Morgan fingerprint density at radius 2 is 2.02 bits per heavy atom. The Kier molecular flexibility index (Phi) is 10.4. The second-order valence-corrected chi connectivity index (χ2v) is 12.2. The molecule has 4 unspecified atom stereocenters. The quantitative estimate of drug-likeness (QED) is 0.142. The zero-order valence-electron chi connectivity index (χ0n) is 24.7. The van der Waals surface area contributed by atoms with E-state index in [4.69, 9.17) is 31.3 Å². The Bertz CT molecular complexity index is 1750. The van der Waals surface area contributed by atoms with Gasteiger partial charge in [-0.2, -0.15) is 4.98 Å². The van der Waals surface area contributed by atoms with Crippen molar-refractivity contribution in [1.29, 1.82) is 0 Å². The minimum atomic E-state index is -2.17. The lowest BCUT2D eigenvalue weighted by Crippen LogP contribution is -2.56. The smallest absolute Gasteiger partial charge is 0.329 e. The van der Waals surface area contributed by atoms with Gasteiger partial charge < -0.3 is 35.1 Å². The first-order valence-corrected chi connectivity index (χ1v) is 15.5. The van der Waals surface area contributed by atoms with Gasteiger partial charge in [-0.25, -0.2) is 0 Å². The van der Waals surface area contributed by atoms with Crippen molar-refractivity contribution in [2.45, 2.75) is 42.0 Å². The van der Waals surface area contributed by atoms with Crippen LogP contribution in [0.3, 0.4) is 0 Å². The number of alkyl halides is 1. The average Bonchev–Trinajstić information content (AvgIpc) is 3.56. The van der Waals surface area contributed by atoms with E-state index < -0.39 is 36.2 Å². The molecule has 2 heterocycles. The van der Waals surface area contributed by atoms with E-state index in [9.17, 15) is 20.1 Å². The zero-order chi connectivity index (χ0) is 32.9. The van der Waals surface area contributed by atoms with Crippen LogP contribution in [0.25, 0.3) is 5.57 Å². The average molecular weight is 712 g/mol. The normalized spacial score (nSPS) is 19.7. The highest BCUT2D eigenvalue weighted by molar-refractivity contribution is 9.09. The molecule has 0 bridgehead atoms. The highest BCUT2D eigenvalue weighted by Gasteiger charge is 2.47. The van der Waals surface area contributed by atoms with Crippen molar-refractivity contribution in [2.75, 3.05) is 13.2 Å². The summed E-state index contributed by atoms with van der Waals surface area (Å²) in [4.78, 5) is 20.3. The lowest BCUT2D eigenvalue weighted by atomic mass is 9.76. The number of ether oxygens (including phenoxy) is 2. The second kappa shape index (κ2) is 14.2. The van der Waals surface area contributed by atoms with Crippen LogP contribution in [0.4, 0.5) is 0 Å². The van der Waals surface area contributed by atoms with E-state index in [1.54, 1.807) is 36.7 Å². The van der Waals surface area contributed by atoms with Crippen molar-refractivity contribution in [3.63, 3.8) is 0 Å². The number of allylic oxidation sites excluding steroid dienone is 3. The predicted octanol–water partition coefficient (Wildman–Crippen LogP) is 4.68. The Hall–Kier alpha value is -3.91. The molecule has 0 aliphatic heterocycles. The van der Waals surface area contributed by atoms with Crippen LogP contribution in [-0.2, 0) is 28.2 Å². The number of hydrogen-bond acceptors (Lipinski definition) is 10. The molecule has 0 radical (unpaired) electrons. The minimum absolute atomic E-state index is 0.0116. The number of carboxylic acids is 1. The Morgan fingerprint density at radius 1 is 1.22 bits per heavy atom. The number of aliphatic hydroxyl groups is 2. The third-order valence-corrected chi connectivity index (χ3v) is 9.46. The lowest BCUT2D eigenvalue weighted by Gasteiger charge is -2.36. The molecule has 11 nitrogen and oxygen atoms in total. The molecule has 0 fully saturated rings. The number of aryl methyl sites for hydroxylation is 1. The maximum Gasteiger partial charge on any atom is 0.329 e. The number of benzene rings is 2. The van der Waals surface area contributed by atoms with E-state index in [1.165, 1.54) is 6.07 Å². The largest absolute Gasteiger partial charge is 0.491 e. The van der Waals surface area contributed by atoms with Gasteiger partial charge in [0.2, 0.25) is 5.89 Å². The molecule has 0 saturated carbocycles. The molecule has 5 N–H and O–H groups in total. The van der Waals surface area contributed by atoms with Crippen LogP contribution in [0.5, 0.6) is 5.75 Å². The molecule has 5 rings (SSSR count). The van der Waals surface area contributed by atoms with Gasteiger partial charge in [0.1, 0.15) is 30.5 Å². The van der Waals surface area contributed by atoms with Crippen molar-refractivity contribution in [3.8, 4) is 5.75 Å². The third kappa shape index (κ3) is 6.63. The fourth-order valence-corrected chi connectivity index (χ4v) is 6.35. The van der Waals surface area contributed by atoms with Crippen molar-refractivity contribution in [3.05, 3.63) is 124 Å². The molecule has 2 aromatic heterocycles. The molecule has 0 amide bonds. The fourth-order valence-electron chi connectivity index (χ4n) is 5.23. The van der Waals surface area contributed by atoms with Gasteiger partial charge in [0.05, 0.1) is 23.1 Å². The van der Waals surface area contributed by atoms with E-state index in [0.29, 0.717) is 11.1 Å². The summed E-state index contributed by atoms with van der Waals surface area (Å²) in [6.45, 7) is 0.701. The third-order valence-electron chi connectivity index (χ3n) is 7.85. The number of carboxylic acid groups (broad SMARTS) is 1. The van der Waals surface area contributed by atoms with Crippen LogP contribution in [0.2, 0.25) is 5.02 Å². The summed E-state index contributed by atoms with van der Waals surface area (Å²) in [5.41, 5.74) is 7.05. The monoisotopic (exact) mass is 710 g/mol. The SMILES string of the molecule is Cc1ccccc1C1=CC=CC(COc2ccc(C(OCc3cccnc3)C(N)(CO)C(=O)O)cc2Cl)(c2nc(CO)no2)C1Br. The van der Waals surface area contributed by atoms with Crippen molar-refractivity contribution in [1.82, 2.24) is 15.1 Å². The fraction of sp³-hybridized carbons (Fsp3) is 0.273. The van der Waals surface area contributed by atoms with Gasteiger partial charge >= 0.3 is 5.97 Å². The molecule has 4 aromatic rings. The van der Waals surface area contributed by atoms with Crippen molar-refractivity contribution >= 4 is 39.1 Å².